The maximum Gasteiger partial charge on any atom is 0.253 e. The van der Waals surface area contributed by atoms with Gasteiger partial charge in [0.25, 0.3) is 5.91 Å². The zero-order valence-electron chi connectivity index (χ0n) is 21.2. The highest BCUT2D eigenvalue weighted by Crippen LogP contribution is 2.39. The molecule has 1 unspecified atom stereocenters. The van der Waals surface area contributed by atoms with Gasteiger partial charge in [-0.05, 0) is 80.5 Å². The van der Waals surface area contributed by atoms with Gasteiger partial charge in [0.2, 0.25) is 5.91 Å². The van der Waals surface area contributed by atoms with Crippen molar-refractivity contribution in [3.8, 4) is 0 Å². The molecule has 2 aromatic rings. The van der Waals surface area contributed by atoms with Gasteiger partial charge >= 0.3 is 0 Å². The van der Waals surface area contributed by atoms with E-state index in [0.29, 0.717) is 38.5 Å². The van der Waals surface area contributed by atoms with E-state index >= 15 is 0 Å². The Hall–Kier alpha value is -2.38. The summed E-state index contributed by atoms with van der Waals surface area (Å²) in [6.45, 7) is 3.67. The number of rotatable bonds is 7. The van der Waals surface area contributed by atoms with Gasteiger partial charge < -0.3 is 24.3 Å². The van der Waals surface area contributed by atoms with E-state index in [9.17, 15) is 9.59 Å². The smallest absolute Gasteiger partial charge is 0.253 e. The summed E-state index contributed by atoms with van der Waals surface area (Å²) in [5.41, 5.74) is 4.82. The van der Waals surface area contributed by atoms with Crippen molar-refractivity contribution in [1.82, 2.24) is 14.8 Å². The first kappa shape index (κ1) is 24.3. The topological polar surface area (TPSA) is 72.8 Å². The molecule has 0 saturated carbocycles. The summed E-state index contributed by atoms with van der Waals surface area (Å²) in [4.78, 5) is 27.1. The van der Waals surface area contributed by atoms with Gasteiger partial charge in [0.05, 0.1) is 12.6 Å². The molecule has 3 aliphatic rings. The van der Waals surface area contributed by atoms with Crippen LogP contribution in [0.2, 0.25) is 0 Å². The minimum Gasteiger partial charge on any atom is -0.381 e. The third-order valence-corrected chi connectivity index (χ3v) is 8.37. The summed E-state index contributed by atoms with van der Waals surface area (Å²) in [6.07, 6.45) is 7.76. The molecule has 1 aromatic heterocycles. The minimum absolute atomic E-state index is 0.0193. The lowest BCUT2D eigenvalue weighted by molar-refractivity contribution is -0.121. The summed E-state index contributed by atoms with van der Waals surface area (Å²) < 4.78 is 13.2. The molecule has 1 aliphatic carbocycles. The number of nitrogens with zero attached hydrogens (tertiary/aromatic N) is 2. The summed E-state index contributed by atoms with van der Waals surface area (Å²) in [5.74, 6) is 1.52. The molecule has 2 fully saturated rings. The highest BCUT2D eigenvalue weighted by Gasteiger charge is 2.31. The van der Waals surface area contributed by atoms with Gasteiger partial charge in [0.1, 0.15) is 0 Å². The molecule has 7 heteroatoms. The Morgan fingerprint density at radius 2 is 1.89 bits per heavy atom. The first-order valence-electron chi connectivity index (χ1n) is 13.3. The minimum atomic E-state index is 0.0193. The number of fused-ring (bicyclic) bond motifs is 3. The Morgan fingerprint density at radius 1 is 1.09 bits per heavy atom. The van der Waals surface area contributed by atoms with Crippen molar-refractivity contribution in [2.75, 3.05) is 40.0 Å². The fourth-order valence-corrected chi connectivity index (χ4v) is 6.28. The predicted octanol–water partition coefficient (Wildman–Crippen LogP) is 3.47. The van der Waals surface area contributed by atoms with E-state index < -0.39 is 0 Å². The number of carbonyl (C=O) groups excluding carboxylic acids is 2. The molecule has 7 nitrogen and oxygen atoms in total. The quantitative estimate of drug-likeness (QED) is 0.657. The number of aromatic nitrogens is 1. The predicted molar refractivity (Wildman–Crippen MR) is 136 cm³/mol. The van der Waals surface area contributed by atoms with Gasteiger partial charge in [-0.3, -0.25) is 9.59 Å². The Bertz CT molecular complexity index is 1070. The van der Waals surface area contributed by atoms with E-state index in [0.717, 1.165) is 44.0 Å². The van der Waals surface area contributed by atoms with E-state index in [4.69, 9.17) is 9.47 Å². The highest BCUT2D eigenvalue weighted by molar-refractivity contribution is 5.99. The maximum absolute atomic E-state index is 13.2. The van der Waals surface area contributed by atoms with Crippen LogP contribution in [-0.2, 0) is 34.2 Å². The first-order valence-corrected chi connectivity index (χ1v) is 13.3. The molecule has 5 rings (SSSR count). The van der Waals surface area contributed by atoms with Crippen molar-refractivity contribution in [1.29, 1.82) is 0 Å². The Labute approximate surface area is 208 Å². The zero-order valence-corrected chi connectivity index (χ0v) is 21.2. The van der Waals surface area contributed by atoms with Crippen molar-refractivity contribution in [3.05, 3.63) is 35.0 Å². The van der Waals surface area contributed by atoms with E-state index in [1.165, 1.54) is 41.4 Å². The van der Waals surface area contributed by atoms with Crippen LogP contribution in [0.4, 0.5) is 0 Å². The van der Waals surface area contributed by atoms with Gasteiger partial charge in [0.15, 0.2) is 0 Å². The monoisotopic (exact) mass is 481 g/mol. The average molecular weight is 482 g/mol. The highest BCUT2D eigenvalue weighted by atomic mass is 16.5. The summed E-state index contributed by atoms with van der Waals surface area (Å²) in [7, 11) is 3.99. The number of hydrogen-bond acceptors (Lipinski definition) is 4. The molecule has 0 radical (unpaired) electrons. The van der Waals surface area contributed by atoms with Gasteiger partial charge in [-0.15, -0.1) is 0 Å². The van der Waals surface area contributed by atoms with E-state index in [1.807, 2.05) is 13.1 Å². The second kappa shape index (κ2) is 10.7. The summed E-state index contributed by atoms with van der Waals surface area (Å²) in [6, 6.07) is 6.30. The van der Waals surface area contributed by atoms with Crippen LogP contribution >= 0.6 is 0 Å². The number of hydrogen-bond donors (Lipinski definition) is 1. The van der Waals surface area contributed by atoms with Crippen LogP contribution in [0.5, 0.6) is 0 Å². The average Bonchev–Trinajstić information content (AvgIpc) is 3.49. The zero-order chi connectivity index (χ0) is 24.4. The van der Waals surface area contributed by atoms with E-state index in [-0.39, 0.29) is 17.9 Å². The molecule has 2 aliphatic heterocycles. The third kappa shape index (κ3) is 5.26. The fraction of sp³-hybridized carbons (Fsp3) is 0.643. The molecule has 190 valence electrons. The van der Waals surface area contributed by atoms with E-state index in [1.54, 1.807) is 4.90 Å². The molecule has 1 N–H and O–H groups in total. The van der Waals surface area contributed by atoms with Crippen LogP contribution < -0.4 is 5.32 Å². The number of carbonyl (C=O) groups is 2. The number of amides is 2. The Kier molecular flexibility index (Phi) is 7.44. The molecule has 1 aromatic carbocycles. The van der Waals surface area contributed by atoms with Gasteiger partial charge in [-0.1, -0.05) is 0 Å². The number of benzene rings is 1. The Morgan fingerprint density at radius 3 is 2.66 bits per heavy atom. The van der Waals surface area contributed by atoms with Gasteiger partial charge in [-0.2, -0.15) is 0 Å². The van der Waals surface area contributed by atoms with Crippen LogP contribution in [0, 0.1) is 11.8 Å². The van der Waals surface area contributed by atoms with Crippen molar-refractivity contribution in [3.63, 3.8) is 0 Å². The Balaban J connectivity index is 1.24. The molecular formula is C28H39N3O4. The van der Waals surface area contributed by atoms with Crippen LogP contribution in [0.3, 0.4) is 0 Å². The van der Waals surface area contributed by atoms with Crippen LogP contribution in [-0.4, -0.2) is 67.3 Å². The number of nitrogens with one attached hydrogen (secondary N) is 1. The lowest BCUT2D eigenvalue weighted by atomic mass is 9.75. The van der Waals surface area contributed by atoms with Crippen LogP contribution in [0.1, 0.15) is 60.1 Å². The van der Waals surface area contributed by atoms with Crippen LogP contribution in [0.25, 0.3) is 10.9 Å². The SMILES string of the molecule is CN(CCCC(=O)N[C@H]1CCOC1)C(=O)c1ccc2c(c1)c1c(n2C)CCC(C2CCOCC2)C1. The molecule has 2 saturated heterocycles. The normalized spacial score (nSPS) is 22.8. The molecule has 2 atom stereocenters. The first-order chi connectivity index (χ1) is 17.0. The van der Waals surface area contributed by atoms with Crippen molar-refractivity contribution in [2.45, 2.75) is 57.4 Å². The van der Waals surface area contributed by atoms with Crippen molar-refractivity contribution < 1.29 is 19.1 Å². The molecule has 3 heterocycles. The molecule has 35 heavy (non-hydrogen) atoms. The van der Waals surface area contributed by atoms with Gasteiger partial charge in [0, 0.05) is 69.0 Å². The maximum atomic E-state index is 13.2. The van der Waals surface area contributed by atoms with Crippen LogP contribution in [0.15, 0.2) is 18.2 Å². The van der Waals surface area contributed by atoms with E-state index in [2.05, 4.69) is 29.1 Å². The molecule has 0 bridgehead atoms. The molecule has 0 spiro atoms. The lowest BCUT2D eigenvalue weighted by Gasteiger charge is -2.33. The second-order valence-electron chi connectivity index (χ2n) is 10.6. The van der Waals surface area contributed by atoms with Crippen molar-refractivity contribution in [2.24, 2.45) is 18.9 Å². The molecular weight excluding hydrogens is 442 g/mol. The second-order valence-corrected chi connectivity index (χ2v) is 10.6. The molecule has 2 amide bonds. The third-order valence-electron chi connectivity index (χ3n) is 8.37. The number of ether oxygens (including phenoxy) is 2. The summed E-state index contributed by atoms with van der Waals surface area (Å²) in [5, 5.41) is 4.25. The number of aryl methyl sites for hydroxylation is 1. The van der Waals surface area contributed by atoms with Crippen molar-refractivity contribution >= 4 is 22.7 Å². The summed E-state index contributed by atoms with van der Waals surface area (Å²) >= 11 is 0. The largest absolute Gasteiger partial charge is 0.381 e. The fourth-order valence-electron chi connectivity index (χ4n) is 6.28. The van der Waals surface area contributed by atoms with Gasteiger partial charge in [-0.25, -0.2) is 0 Å². The standard InChI is InChI=1S/C28H39N3O4/c1-30(12-3-4-27(32)29-22-11-15-35-18-22)28(33)21-6-8-26-24(17-21)23-16-20(5-7-25(23)31(26)2)19-9-13-34-14-10-19/h6,8,17,19-20,22H,3-5,7,9-16,18H2,1-2H3,(H,29,32)/t20?,22-/m0/s1. The lowest BCUT2D eigenvalue weighted by Crippen LogP contribution is -2.35.